The van der Waals surface area contributed by atoms with Crippen LogP contribution in [-0.2, 0) is 18.1 Å². The number of alkyl halides is 3. The molecule has 0 aliphatic carbocycles. The van der Waals surface area contributed by atoms with E-state index in [9.17, 15) is 18.0 Å². The normalized spacial score (nSPS) is 12.0. The van der Waals surface area contributed by atoms with Gasteiger partial charge >= 0.3 is 12.2 Å². The number of nitrogens with zero attached hydrogens (tertiary/aromatic N) is 1. The SMILES string of the molecule is CN(Cc1ccccc1C(F)(F)F)C(=O)Nc1ccccc1C(C)(C)C. The average molecular weight is 364 g/mol. The minimum Gasteiger partial charge on any atom is -0.323 e. The minimum absolute atomic E-state index is 0.0572. The number of nitrogens with one attached hydrogen (secondary N) is 1. The lowest BCUT2D eigenvalue weighted by molar-refractivity contribution is -0.138. The largest absolute Gasteiger partial charge is 0.416 e. The number of hydrogen-bond acceptors (Lipinski definition) is 1. The summed E-state index contributed by atoms with van der Waals surface area (Å²) in [5.41, 5.74) is 0.764. The van der Waals surface area contributed by atoms with Crippen molar-refractivity contribution in [1.82, 2.24) is 4.90 Å². The van der Waals surface area contributed by atoms with Crippen LogP contribution in [0, 0.1) is 0 Å². The van der Waals surface area contributed by atoms with Crippen molar-refractivity contribution in [2.24, 2.45) is 0 Å². The van der Waals surface area contributed by atoms with Gasteiger partial charge in [0, 0.05) is 19.3 Å². The summed E-state index contributed by atoms with van der Waals surface area (Å²) in [5.74, 6) is 0. The molecule has 2 aromatic rings. The fourth-order valence-electron chi connectivity index (χ4n) is 2.72. The van der Waals surface area contributed by atoms with Crippen molar-refractivity contribution < 1.29 is 18.0 Å². The fourth-order valence-corrected chi connectivity index (χ4v) is 2.72. The first kappa shape index (κ1) is 19.8. The lowest BCUT2D eigenvalue weighted by Gasteiger charge is -2.25. The van der Waals surface area contributed by atoms with Gasteiger partial charge in [0.25, 0.3) is 0 Å². The number of carbonyl (C=O) groups excluding carboxylic acids is 1. The molecule has 0 saturated heterocycles. The highest BCUT2D eigenvalue weighted by Crippen LogP contribution is 2.33. The van der Waals surface area contributed by atoms with Crippen molar-refractivity contribution >= 4 is 11.7 Å². The van der Waals surface area contributed by atoms with Crippen LogP contribution in [0.3, 0.4) is 0 Å². The summed E-state index contributed by atoms with van der Waals surface area (Å²) in [6.45, 7) is 5.95. The lowest BCUT2D eigenvalue weighted by atomic mass is 9.86. The maximum Gasteiger partial charge on any atom is 0.416 e. The number of para-hydroxylation sites is 1. The lowest BCUT2D eigenvalue weighted by Crippen LogP contribution is -2.32. The van der Waals surface area contributed by atoms with Crippen LogP contribution < -0.4 is 5.32 Å². The second kappa shape index (κ2) is 7.40. The molecule has 0 bridgehead atoms. The molecule has 0 spiro atoms. The number of anilines is 1. The Morgan fingerprint density at radius 1 is 0.962 bits per heavy atom. The number of rotatable bonds is 3. The van der Waals surface area contributed by atoms with Crippen LogP contribution in [0.5, 0.6) is 0 Å². The maximum atomic E-state index is 13.1. The van der Waals surface area contributed by atoms with E-state index < -0.39 is 17.8 Å². The molecule has 1 N–H and O–H groups in total. The van der Waals surface area contributed by atoms with Gasteiger partial charge in [-0.2, -0.15) is 13.2 Å². The molecule has 3 nitrogen and oxygen atoms in total. The first-order valence-electron chi connectivity index (χ1n) is 8.27. The standard InChI is InChI=1S/C20H23F3N2O/c1-19(2,3)16-11-7-8-12-17(16)24-18(26)25(4)13-14-9-5-6-10-15(14)20(21,22)23/h5-12H,13H2,1-4H3,(H,24,26). The van der Waals surface area contributed by atoms with Gasteiger partial charge in [-0.3, -0.25) is 0 Å². The van der Waals surface area contributed by atoms with Gasteiger partial charge in [-0.1, -0.05) is 57.2 Å². The molecule has 0 aromatic heterocycles. The van der Waals surface area contributed by atoms with Gasteiger partial charge in [0.05, 0.1) is 5.56 Å². The van der Waals surface area contributed by atoms with Gasteiger partial charge in [-0.25, -0.2) is 4.79 Å². The molecule has 2 aromatic carbocycles. The van der Waals surface area contributed by atoms with E-state index in [0.717, 1.165) is 11.6 Å². The Kier molecular flexibility index (Phi) is 5.64. The molecule has 0 atom stereocenters. The summed E-state index contributed by atoms with van der Waals surface area (Å²) in [6, 6.07) is 12.2. The predicted molar refractivity (Wildman–Crippen MR) is 97.1 cm³/mol. The van der Waals surface area contributed by atoms with Crippen molar-refractivity contribution in [2.45, 2.75) is 38.9 Å². The van der Waals surface area contributed by atoms with Crippen LogP contribution in [0.25, 0.3) is 0 Å². The minimum atomic E-state index is -4.45. The van der Waals surface area contributed by atoms with Crippen LogP contribution in [0.4, 0.5) is 23.7 Å². The number of halogens is 3. The van der Waals surface area contributed by atoms with Gasteiger partial charge in [-0.05, 0) is 28.7 Å². The highest BCUT2D eigenvalue weighted by Gasteiger charge is 2.33. The van der Waals surface area contributed by atoms with E-state index in [1.807, 2.05) is 39.0 Å². The van der Waals surface area contributed by atoms with E-state index in [2.05, 4.69) is 5.32 Å². The molecule has 0 aliphatic rings. The molecular weight excluding hydrogens is 341 g/mol. The Hall–Kier alpha value is -2.50. The molecule has 2 amide bonds. The molecular formula is C20H23F3N2O. The van der Waals surface area contributed by atoms with Gasteiger partial charge < -0.3 is 10.2 Å². The zero-order valence-electron chi connectivity index (χ0n) is 15.3. The number of urea groups is 1. The van der Waals surface area contributed by atoms with Gasteiger partial charge in [-0.15, -0.1) is 0 Å². The molecule has 0 radical (unpaired) electrons. The maximum absolute atomic E-state index is 13.1. The molecule has 140 valence electrons. The van der Waals surface area contributed by atoms with Gasteiger partial charge in [0.15, 0.2) is 0 Å². The Bertz CT molecular complexity index is 779. The van der Waals surface area contributed by atoms with Crippen molar-refractivity contribution in [3.8, 4) is 0 Å². The summed E-state index contributed by atoms with van der Waals surface area (Å²) >= 11 is 0. The van der Waals surface area contributed by atoms with Crippen LogP contribution >= 0.6 is 0 Å². The smallest absolute Gasteiger partial charge is 0.323 e. The third-order valence-corrected chi connectivity index (χ3v) is 4.05. The third-order valence-electron chi connectivity index (χ3n) is 4.05. The van der Waals surface area contributed by atoms with Gasteiger partial charge in [0.2, 0.25) is 0 Å². The van der Waals surface area contributed by atoms with Crippen molar-refractivity contribution in [3.63, 3.8) is 0 Å². The van der Waals surface area contributed by atoms with E-state index in [0.29, 0.717) is 5.69 Å². The van der Waals surface area contributed by atoms with Crippen LogP contribution in [0.15, 0.2) is 48.5 Å². The highest BCUT2D eigenvalue weighted by molar-refractivity contribution is 5.90. The summed E-state index contributed by atoms with van der Waals surface area (Å²) in [5, 5.41) is 2.80. The Labute approximate surface area is 151 Å². The Morgan fingerprint density at radius 3 is 2.08 bits per heavy atom. The molecule has 0 heterocycles. The highest BCUT2D eigenvalue weighted by atomic mass is 19.4. The van der Waals surface area contributed by atoms with Gasteiger partial charge in [0.1, 0.15) is 0 Å². The number of amides is 2. The molecule has 0 saturated carbocycles. The van der Waals surface area contributed by atoms with E-state index >= 15 is 0 Å². The Balaban J connectivity index is 2.18. The van der Waals surface area contributed by atoms with Crippen molar-refractivity contribution in [3.05, 3.63) is 65.2 Å². The molecule has 0 unspecified atom stereocenters. The number of hydrogen-bond donors (Lipinski definition) is 1. The molecule has 0 aliphatic heterocycles. The average Bonchev–Trinajstić information content (AvgIpc) is 2.53. The predicted octanol–water partition coefficient (Wildman–Crippen LogP) is 5.67. The summed E-state index contributed by atoms with van der Waals surface area (Å²) in [6.07, 6.45) is -4.45. The molecule has 2 rings (SSSR count). The van der Waals surface area contributed by atoms with E-state index in [-0.39, 0.29) is 17.5 Å². The first-order valence-corrected chi connectivity index (χ1v) is 8.27. The van der Waals surface area contributed by atoms with E-state index in [1.54, 1.807) is 6.07 Å². The van der Waals surface area contributed by atoms with Crippen molar-refractivity contribution in [2.75, 3.05) is 12.4 Å². The van der Waals surface area contributed by atoms with E-state index in [4.69, 9.17) is 0 Å². The van der Waals surface area contributed by atoms with Crippen LogP contribution in [-0.4, -0.2) is 18.0 Å². The fraction of sp³-hybridized carbons (Fsp3) is 0.350. The monoisotopic (exact) mass is 364 g/mol. The summed E-state index contributed by atoms with van der Waals surface area (Å²) in [4.78, 5) is 13.7. The topological polar surface area (TPSA) is 32.3 Å². The van der Waals surface area contributed by atoms with Crippen LogP contribution in [0.1, 0.15) is 37.5 Å². The molecule has 6 heteroatoms. The zero-order chi connectivity index (χ0) is 19.5. The molecule has 0 fully saturated rings. The number of carbonyl (C=O) groups is 1. The van der Waals surface area contributed by atoms with Crippen LogP contribution in [0.2, 0.25) is 0 Å². The second-order valence-electron chi connectivity index (χ2n) is 7.24. The summed E-state index contributed by atoms with van der Waals surface area (Å²) in [7, 11) is 1.47. The number of benzene rings is 2. The third kappa shape index (κ3) is 4.77. The first-order chi connectivity index (χ1) is 12.0. The zero-order valence-corrected chi connectivity index (χ0v) is 15.3. The molecule has 26 heavy (non-hydrogen) atoms. The van der Waals surface area contributed by atoms with Crippen molar-refractivity contribution in [1.29, 1.82) is 0 Å². The quantitative estimate of drug-likeness (QED) is 0.748. The summed E-state index contributed by atoms with van der Waals surface area (Å²) < 4.78 is 39.3. The van der Waals surface area contributed by atoms with E-state index in [1.165, 1.54) is 30.1 Å². The second-order valence-corrected chi connectivity index (χ2v) is 7.24. The Morgan fingerprint density at radius 2 is 1.50 bits per heavy atom.